The second kappa shape index (κ2) is 6.58. The molecule has 1 saturated heterocycles. The third kappa shape index (κ3) is 3.11. The number of nitrogens with zero attached hydrogens (tertiary/aromatic N) is 1. The molecular weight excluding hydrogens is 264 g/mol. The van der Waals surface area contributed by atoms with Crippen LogP contribution in [0.4, 0.5) is 0 Å². The molecule has 4 nitrogen and oxygen atoms in total. The van der Waals surface area contributed by atoms with E-state index in [1.165, 1.54) is 0 Å². The molecule has 4 heteroatoms. The molecule has 1 amide bonds. The van der Waals surface area contributed by atoms with E-state index in [0.717, 1.165) is 24.8 Å². The van der Waals surface area contributed by atoms with Crippen molar-refractivity contribution in [1.82, 2.24) is 4.90 Å². The summed E-state index contributed by atoms with van der Waals surface area (Å²) in [7, 11) is 0. The van der Waals surface area contributed by atoms with Crippen molar-refractivity contribution in [1.29, 1.82) is 0 Å². The van der Waals surface area contributed by atoms with Crippen LogP contribution in [-0.4, -0.2) is 37.0 Å². The highest BCUT2D eigenvalue weighted by atomic mass is 16.5. The van der Waals surface area contributed by atoms with Crippen LogP contribution in [0.5, 0.6) is 0 Å². The number of benzene rings is 1. The summed E-state index contributed by atoms with van der Waals surface area (Å²) < 4.78 is 5.84. The highest BCUT2D eigenvalue weighted by molar-refractivity contribution is 5.79. The maximum absolute atomic E-state index is 12.8. The van der Waals surface area contributed by atoms with Gasteiger partial charge in [0.1, 0.15) is 6.10 Å². The Kier molecular flexibility index (Phi) is 4.56. The molecule has 2 N–H and O–H groups in total. The zero-order valence-electron chi connectivity index (χ0n) is 12.4. The van der Waals surface area contributed by atoms with Crippen LogP contribution in [0.2, 0.25) is 0 Å². The van der Waals surface area contributed by atoms with Gasteiger partial charge in [-0.3, -0.25) is 4.79 Å². The minimum Gasteiger partial charge on any atom is -0.370 e. The van der Waals surface area contributed by atoms with Gasteiger partial charge in [-0.2, -0.15) is 0 Å². The topological polar surface area (TPSA) is 55.6 Å². The van der Waals surface area contributed by atoms with E-state index in [1.807, 2.05) is 23.1 Å². The van der Waals surface area contributed by atoms with E-state index in [-0.39, 0.29) is 17.9 Å². The average molecular weight is 288 g/mol. The molecule has 114 valence electrons. The standard InChI is InChI=1S/C17H24N2O2/c18-11-14-7-4-8-15(14)17(20)19-9-10-21-16(12-19)13-5-2-1-3-6-13/h1-3,5-6,14-16H,4,7-12,18H2/t14-,15-,16?/m1/s1. The molecule has 0 bridgehead atoms. The lowest BCUT2D eigenvalue weighted by atomic mass is 9.94. The van der Waals surface area contributed by atoms with Crippen LogP contribution in [0.25, 0.3) is 0 Å². The minimum absolute atomic E-state index is 0.00151. The Labute approximate surface area is 126 Å². The number of carbonyl (C=O) groups excluding carboxylic acids is 1. The van der Waals surface area contributed by atoms with Gasteiger partial charge in [-0.1, -0.05) is 36.8 Å². The first-order chi connectivity index (χ1) is 10.3. The molecule has 3 atom stereocenters. The van der Waals surface area contributed by atoms with Crippen molar-refractivity contribution in [2.24, 2.45) is 17.6 Å². The fraction of sp³-hybridized carbons (Fsp3) is 0.588. The maximum Gasteiger partial charge on any atom is 0.226 e. The van der Waals surface area contributed by atoms with E-state index in [9.17, 15) is 4.79 Å². The Morgan fingerprint density at radius 3 is 2.86 bits per heavy atom. The van der Waals surface area contributed by atoms with Crippen LogP contribution in [0.15, 0.2) is 30.3 Å². The van der Waals surface area contributed by atoms with Gasteiger partial charge in [0.05, 0.1) is 13.2 Å². The summed E-state index contributed by atoms with van der Waals surface area (Å²) in [5.74, 6) is 0.784. The third-order valence-corrected chi connectivity index (χ3v) is 4.83. The molecule has 2 fully saturated rings. The molecule has 1 heterocycles. The number of morpholine rings is 1. The molecule has 3 rings (SSSR count). The van der Waals surface area contributed by atoms with Crippen molar-refractivity contribution in [2.45, 2.75) is 25.4 Å². The zero-order valence-corrected chi connectivity index (χ0v) is 12.4. The molecule has 1 saturated carbocycles. The van der Waals surface area contributed by atoms with Gasteiger partial charge in [0, 0.05) is 12.5 Å². The first-order valence-electron chi connectivity index (χ1n) is 7.95. The summed E-state index contributed by atoms with van der Waals surface area (Å²) in [5, 5.41) is 0. The molecule has 1 aliphatic heterocycles. The molecule has 0 radical (unpaired) electrons. The number of ether oxygens (including phenoxy) is 1. The summed E-state index contributed by atoms with van der Waals surface area (Å²) >= 11 is 0. The number of nitrogens with two attached hydrogens (primary N) is 1. The fourth-order valence-corrected chi connectivity index (χ4v) is 3.60. The molecular formula is C17H24N2O2. The van der Waals surface area contributed by atoms with Crippen molar-refractivity contribution < 1.29 is 9.53 Å². The number of rotatable bonds is 3. The van der Waals surface area contributed by atoms with E-state index in [0.29, 0.717) is 32.2 Å². The highest BCUT2D eigenvalue weighted by Crippen LogP contribution is 2.33. The summed E-state index contributed by atoms with van der Waals surface area (Å²) in [6.07, 6.45) is 3.22. The van der Waals surface area contributed by atoms with Gasteiger partial charge in [0.15, 0.2) is 0 Å². The second-order valence-electron chi connectivity index (χ2n) is 6.09. The van der Waals surface area contributed by atoms with Gasteiger partial charge in [0.25, 0.3) is 0 Å². The summed E-state index contributed by atoms with van der Waals surface area (Å²) in [5.41, 5.74) is 6.96. The quantitative estimate of drug-likeness (QED) is 0.925. The monoisotopic (exact) mass is 288 g/mol. The predicted octanol–water partition coefficient (Wildman–Crippen LogP) is 1.96. The minimum atomic E-state index is 0.00151. The summed E-state index contributed by atoms with van der Waals surface area (Å²) in [6, 6.07) is 10.2. The Morgan fingerprint density at radius 1 is 1.29 bits per heavy atom. The van der Waals surface area contributed by atoms with Crippen molar-refractivity contribution in [3.8, 4) is 0 Å². The molecule has 1 aromatic carbocycles. The summed E-state index contributed by atoms with van der Waals surface area (Å²) in [4.78, 5) is 14.7. The number of amides is 1. The van der Waals surface area contributed by atoms with Crippen LogP contribution in [0, 0.1) is 11.8 Å². The Hall–Kier alpha value is -1.39. The molecule has 1 aromatic rings. The Bertz CT molecular complexity index is 477. The van der Waals surface area contributed by atoms with E-state index in [1.54, 1.807) is 0 Å². The lowest BCUT2D eigenvalue weighted by molar-refractivity contribution is -0.144. The van der Waals surface area contributed by atoms with Crippen molar-refractivity contribution >= 4 is 5.91 Å². The van der Waals surface area contributed by atoms with Gasteiger partial charge in [-0.05, 0) is 30.9 Å². The van der Waals surface area contributed by atoms with E-state index in [2.05, 4.69) is 12.1 Å². The fourth-order valence-electron chi connectivity index (χ4n) is 3.60. The zero-order chi connectivity index (χ0) is 14.7. The molecule has 1 unspecified atom stereocenters. The van der Waals surface area contributed by atoms with Crippen LogP contribution < -0.4 is 5.73 Å². The van der Waals surface area contributed by atoms with Crippen molar-refractivity contribution in [3.63, 3.8) is 0 Å². The third-order valence-electron chi connectivity index (χ3n) is 4.83. The molecule has 0 aromatic heterocycles. The van der Waals surface area contributed by atoms with E-state index in [4.69, 9.17) is 10.5 Å². The molecule has 1 aliphatic carbocycles. The molecule has 0 spiro atoms. The SMILES string of the molecule is NC[C@H]1CCC[C@H]1C(=O)N1CCOC(c2ccccc2)C1. The predicted molar refractivity (Wildman–Crippen MR) is 81.6 cm³/mol. The van der Waals surface area contributed by atoms with Gasteiger partial charge < -0.3 is 15.4 Å². The summed E-state index contributed by atoms with van der Waals surface area (Å²) in [6.45, 7) is 2.61. The van der Waals surface area contributed by atoms with Crippen molar-refractivity contribution in [2.75, 3.05) is 26.2 Å². The smallest absolute Gasteiger partial charge is 0.226 e. The maximum atomic E-state index is 12.8. The number of carbonyl (C=O) groups is 1. The van der Waals surface area contributed by atoms with Gasteiger partial charge in [-0.25, -0.2) is 0 Å². The lowest BCUT2D eigenvalue weighted by Crippen LogP contribution is -2.46. The Balaban J connectivity index is 1.67. The molecule has 2 aliphatic rings. The van der Waals surface area contributed by atoms with Gasteiger partial charge in [-0.15, -0.1) is 0 Å². The average Bonchev–Trinajstić information content (AvgIpc) is 3.04. The van der Waals surface area contributed by atoms with Crippen molar-refractivity contribution in [3.05, 3.63) is 35.9 Å². The van der Waals surface area contributed by atoms with E-state index >= 15 is 0 Å². The highest BCUT2D eigenvalue weighted by Gasteiger charge is 2.36. The number of hydrogen-bond acceptors (Lipinski definition) is 3. The normalized spacial score (nSPS) is 29.6. The van der Waals surface area contributed by atoms with Gasteiger partial charge >= 0.3 is 0 Å². The van der Waals surface area contributed by atoms with Crippen LogP contribution in [0.1, 0.15) is 30.9 Å². The number of hydrogen-bond donors (Lipinski definition) is 1. The largest absolute Gasteiger partial charge is 0.370 e. The lowest BCUT2D eigenvalue weighted by Gasteiger charge is -2.35. The van der Waals surface area contributed by atoms with E-state index < -0.39 is 0 Å². The van der Waals surface area contributed by atoms with Crippen LogP contribution in [0.3, 0.4) is 0 Å². The first kappa shape index (κ1) is 14.5. The molecule has 21 heavy (non-hydrogen) atoms. The Morgan fingerprint density at radius 2 is 2.10 bits per heavy atom. The first-order valence-corrected chi connectivity index (χ1v) is 7.95. The van der Waals surface area contributed by atoms with Crippen LogP contribution >= 0.6 is 0 Å². The van der Waals surface area contributed by atoms with Gasteiger partial charge in [0.2, 0.25) is 5.91 Å². The second-order valence-corrected chi connectivity index (χ2v) is 6.09. The van der Waals surface area contributed by atoms with Crippen LogP contribution in [-0.2, 0) is 9.53 Å².